The summed E-state index contributed by atoms with van der Waals surface area (Å²) >= 11 is 0. The lowest BCUT2D eigenvalue weighted by molar-refractivity contribution is 0.117. The molecule has 3 nitrogen and oxygen atoms in total. The molecule has 0 aromatic heterocycles. The van der Waals surface area contributed by atoms with Crippen LogP contribution in [0.15, 0.2) is 42.5 Å². The Morgan fingerprint density at radius 1 is 1.14 bits per heavy atom. The van der Waals surface area contributed by atoms with E-state index in [9.17, 15) is 13.9 Å². The Morgan fingerprint density at radius 3 is 2.67 bits per heavy atom. The Kier molecular flexibility index (Phi) is 5.11. The molecule has 2 aromatic rings. The second-order valence-corrected chi connectivity index (χ2v) is 4.79. The van der Waals surface area contributed by atoms with Crippen LogP contribution in [0.3, 0.4) is 0 Å². The van der Waals surface area contributed by atoms with Gasteiger partial charge in [0.1, 0.15) is 18.5 Å². The maximum atomic E-state index is 13.0. The van der Waals surface area contributed by atoms with Crippen LogP contribution < -0.4 is 10.1 Å². The Hall–Kier alpha value is -2.14. The van der Waals surface area contributed by atoms with E-state index in [4.69, 9.17) is 4.74 Å². The highest BCUT2D eigenvalue weighted by Crippen LogP contribution is 2.14. The Bertz CT molecular complexity index is 605. The van der Waals surface area contributed by atoms with Crippen molar-refractivity contribution >= 4 is 5.69 Å². The molecule has 0 amide bonds. The van der Waals surface area contributed by atoms with Crippen molar-refractivity contribution < 1.29 is 18.6 Å². The Morgan fingerprint density at radius 2 is 1.95 bits per heavy atom. The molecule has 0 heterocycles. The zero-order valence-electron chi connectivity index (χ0n) is 11.6. The number of benzene rings is 2. The third-order valence-electron chi connectivity index (χ3n) is 2.89. The van der Waals surface area contributed by atoms with Crippen molar-refractivity contribution in [3.63, 3.8) is 0 Å². The summed E-state index contributed by atoms with van der Waals surface area (Å²) in [5.74, 6) is -1.14. The minimum absolute atomic E-state index is 0.111. The summed E-state index contributed by atoms with van der Waals surface area (Å²) in [5, 5.41) is 12.6. The van der Waals surface area contributed by atoms with E-state index in [1.807, 2.05) is 31.2 Å². The largest absolute Gasteiger partial charge is 0.491 e. The van der Waals surface area contributed by atoms with Gasteiger partial charge in [0.15, 0.2) is 11.6 Å². The number of aryl methyl sites for hydroxylation is 1. The summed E-state index contributed by atoms with van der Waals surface area (Å²) in [6.07, 6.45) is -0.765. The molecule has 0 fully saturated rings. The fourth-order valence-electron chi connectivity index (χ4n) is 1.80. The van der Waals surface area contributed by atoms with Gasteiger partial charge in [0.2, 0.25) is 0 Å². The van der Waals surface area contributed by atoms with Gasteiger partial charge >= 0.3 is 0 Å². The number of anilines is 1. The lowest BCUT2D eigenvalue weighted by Crippen LogP contribution is -2.26. The fraction of sp³-hybridized carbons (Fsp3) is 0.250. The third-order valence-corrected chi connectivity index (χ3v) is 2.89. The van der Waals surface area contributed by atoms with Crippen LogP contribution in [0.2, 0.25) is 0 Å². The number of halogens is 2. The fourth-order valence-corrected chi connectivity index (χ4v) is 1.80. The third kappa shape index (κ3) is 4.72. The van der Waals surface area contributed by atoms with Crippen molar-refractivity contribution in [2.75, 3.05) is 18.5 Å². The van der Waals surface area contributed by atoms with Crippen LogP contribution in [0.1, 0.15) is 5.56 Å². The van der Waals surface area contributed by atoms with Gasteiger partial charge in [0.05, 0.1) is 0 Å². The van der Waals surface area contributed by atoms with Gasteiger partial charge in [-0.1, -0.05) is 12.1 Å². The summed E-state index contributed by atoms with van der Waals surface area (Å²) < 4.78 is 31.2. The van der Waals surface area contributed by atoms with Gasteiger partial charge in [-0.3, -0.25) is 0 Å². The maximum Gasteiger partial charge on any atom is 0.160 e. The van der Waals surface area contributed by atoms with E-state index < -0.39 is 17.7 Å². The molecule has 2 aromatic carbocycles. The first-order valence-corrected chi connectivity index (χ1v) is 6.61. The predicted octanol–water partition coefficient (Wildman–Crippen LogP) is 3.13. The van der Waals surface area contributed by atoms with E-state index in [1.165, 1.54) is 6.07 Å². The first kappa shape index (κ1) is 15.3. The number of aliphatic hydroxyl groups excluding tert-OH is 1. The van der Waals surface area contributed by atoms with Crippen LogP contribution in [-0.2, 0) is 0 Å². The van der Waals surface area contributed by atoms with Crippen molar-refractivity contribution in [3.05, 3.63) is 59.7 Å². The van der Waals surface area contributed by atoms with Gasteiger partial charge in [-0.05, 0) is 36.8 Å². The number of aliphatic hydroxyl groups is 1. The molecule has 0 radical (unpaired) electrons. The first-order chi connectivity index (χ1) is 10.0. The van der Waals surface area contributed by atoms with E-state index in [0.717, 1.165) is 17.7 Å². The first-order valence-electron chi connectivity index (χ1n) is 6.61. The molecule has 2 N–H and O–H groups in total. The van der Waals surface area contributed by atoms with Crippen LogP contribution >= 0.6 is 0 Å². The SMILES string of the molecule is Cc1cccc(OCC(O)CNc2ccc(F)c(F)c2)c1. The van der Waals surface area contributed by atoms with Crippen molar-refractivity contribution in [1.82, 2.24) is 0 Å². The van der Waals surface area contributed by atoms with Gasteiger partial charge < -0.3 is 15.2 Å². The molecule has 0 aliphatic rings. The maximum absolute atomic E-state index is 13.0. The minimum atomic E-state index is -0.925. The summed E-state index contributed by atoms with van der Waals surface area (Å²) in [7, 11) is 0. The second kappa shape index (κ2) is 7.04. The molecule has 0 aliphatic carbocycles. The monoisotopic (exact) mass is 293 g/mol. The molecule has 0 saturated heterocycles. The average molecular weight is 293 g/mol. The Labute approximate surface area is 122 Å². The Balaban J connectivity index is 1.79. The molecule has 1 atom stereocenters. The molecule has 0 bridgehead atoms. The van der Waals surface area contributed by atoms with Gasteiger partial charge in [0, 0.05) is 18.3 Å². The number of ether oxygens (including phenoxy) is 1. The molecular weight excluding hydrogens is 276 g/mol. The lowest BCUT2D eigenvalue weighted by Gasteiger charge is -2.14. The lowest BCUT2D eigenvalue weighted by atomic mass is 10.2. The molecular formula is C16H17F2NO2. The minimum Gasteiger partial charge on any atom is -0.491 e. The quantitative estimate of drug-likeness (QED) is 0.860. The second-order valence-electron chi connectivity index (χ2n) is 4.79. The number of nitrogens with one attached hydrogen (secondary N) is 1. The van der Waals surface area contributed by atoms with Gasteiger partial charge in [-0.2, -0.15) is 0 Å². The van der Waals surface area contributed by atoms with Crippen molar-refractivity contribution in [1.29, 1.82) is 0 Å². The van der Waals surface area contributed by atoms with E-state index in [1.54, 1.807) is 0 Å². The number of hydrogen-bond donors (Lipinski definition) is 2. The molecule has 0 saturated carbocycles. The highest BCUT2D eigenvalue weighted by molar-refractivity contribution is 5.43. The smallest absolute Gasteiger partial charge is 0.160 e. The van der Waals surface area contributed by atoms with Crippen molar-refractivity contribution in [2.45, 2.75) is 13.0 Å². The molecule has 0 aliphatic heterocycles. The average Bonchev–Trinajstić information content (AvgIpc) is 2.46. The predicted molar refractivity (Wildman–Crippen MR) is 77.5 cm³/mol. The molecule has 0 spiro atoms. The normalized spacial score (nSPS) is 12.0. The van der Waals surface area contributed by atoms with Crippen LogP contribution in [-0.4, -0.2) is 24.4 Å². The zero-order valence-corrected chi connectivity index (χ0v) is 11.6. The van der Waals surface area contributed by atoms with Gasteiger partial charge in [0.25, 0.3) is 0 Å². The standard InChI is InChI=1S/C16H17F2NO2/c1-11-3-2-4-14(7-11)21-10-13(20)9-19-12-5-6-15(17)16(18)8-12/h2-8,13,19-20H,9-10H2,1H3. The molecule has 1 unspecified atom stereocenters. The van der Waals surface area contributed by atoms with Crippen LogP contribution in [0.5, 0.6) is 5.75 Å². The highest BCUT2D eigenvalue weighted by Gasteiger charge is 2.07. The van der Waals surface area contributed by atoms with E-state index in [0.29, 0.717) is 11.4 Å². The van der Waals surface area contributed by atoms with Crippen LogP contribution in [0.25, 0.3) is 0 Å². The summed E-state index contributed by atoms with van der Waals surface area (Å²) in [5.41, 5.74) is 1.48. The molecule has 112 valence electrons. The van der Waals surface area contributed by atoms with Crippen LogP contribution in [0, 0.1) is 18.6 Å². The number of hydrogen-bond acceptors (Lipinski definition) is 3. The van der Waals surface area contributed by atoms with Gasteiger partial charge in [-0.15, -0.1) is 0 Å². The van der Waals surface area contributed by atoms with Crippen molar-refractivity contribution in [2.24, 2.45) is 0 Å². The van der Waals surface area contributed by atoms with Gasteiger partial charge in [-0.25, -0.2) is 8.78 Å². The van der Waals surface area contributed by atoms with Crippen molar-refractivity contribution in [3.8, 4) is 5.75 Å². The zero-order chi connectivity index (χ0) is 15.2. The summed E-state index contributed by atoms with van der Waals surface area (Å²) in [4.78, 5) is 0. The summed E-state index contributed by atoms with van der Waals surface area (Å²) in [6, 6.07) is 11.0. The highest BCUT2D eigenvalue weighted by atomic mass is 19.2. The molecule has 5 heteroatoms. The van der Waals surface area contributed by atoms with E-state index in [2.05, 4.69) is 5.32 Å². The molecule has 21 heavy (non-hydrogen) atoms. The van der Waals surface area contributed by atoms with Crippen LogP contribution in [0.4, 0.5) is 14.5 Å². The number of rotatable bonds is 6. The topological polar surface area (TPSA) is 41.5 Å². The summed E-state index contributed by atoms with van der Waals surface area (Å²) in [6.45, 7) is 2.24. The van der Waals surface area contributed by atoms with E-state index >= 15 is 0 Å². The molecule has 2 rings (SSSR count). The van der Waals surface area contributed by atoms with E-state index in [-0.39, 0.29) is 13.2 Å².